The molecule has 110 valence electrons. The first-order valence-corrected chi connectivity index (χ1v) is 6.50. The van der Waals surface area contributed by atoms with Gasteiger partial charge in [0.05, 0.1) is 6.61 Å². The maximum atomic E-state index is 12.3. The molecule has 0 aromatic carbocycles. The van der Waals surface area contributed by atoms with Gasteiger partial charge >= 0.3 is 12.0 Å². The normalized spacial score (nSPS) is 10.3. The van der Waals surface area contributed by atoms with Gasteiger partial charge in [-0.15, -0.1) is 6.58 Å². The maximum absolute atomic E-state index is 12.3. The molecular formula is C13H24N2O4. The zero-order valence-corrected chi connectivity index (χ0v) is 11.7. The Hall–Kier alpha value is -1.56. The van der Waals surface area contributed by atoms with Crippen molar-refractivity contribution < 1.29 is 19.8 Å². The van der Waals surface area contributed by atoms with E-state index < -0.39 is 5.97 Å². The van der Waals surface area contributed by atoms with Crippen LogP contribution in [-0.4, -0.2) is 64.3 Å². The highest BCUT2D eigenvalue weighted by Crippen LogP contribution is 2.11. The molecule has 0 aliphatic heterocycles. The second-order valence-corrected chi connectivity index (χ2v) is 4.23. The first-order valence-electron chi connectivity index (χ1n) is 6.50. The van der Waals surface area contributed by atoms with Crippen LogP contribution in [0.4, 0.5) is 4.79 Å². The van der Waals surface area contributed by atoms with Crippen molar-refractivity contribution >= 4 is 12.0 Å². The molecule has 0 radical (unpaired) electrons. The lowest BCUT2D eigenvalue weighted by Crippen LogP contribution is -2.50. The topological polar surface area (TPSA) is 81.1 Å². The second-order valence-electron chi connectivity index (χ2n) is 4.23. The fourth-order valence-electron chi connectivity index (χ4n) is 1.98. The predicted octanol–water partition coefficient (Wildman–Crippen LogP) is 1.16. The summed E-state index contributed by atoms with van der Waals surface area (Å²) < 4.78 is 0. The van der Waals surface area contributed by atoms with Gasteiger partial charge in [-0.25, -0.2) is 4.79 Å². The maximum Gasteiger partial charge on any atom is 0.323 e. The molecule has 0 saturated carbocycles. The number of carboxylic acid groups (broad SMARTS) is 1. The van der Waals surface area contributed by atoms with Crippen LogP contribution in [-0.2, 0) is 4.79 Å². The molecule has 0 aliphatic carbocycles. The summed E-state index contributed by atoms with van der Waals surface area (Å²) in [5, 5.41) is 17.9. The summed E-state index contributed by atoms with van der Waals surface area (Å²) in [6.45, 7) is 7.32. The Kier molecular flexibility index (Phi) is 8.61. The van der Waals surface area contributed by atoms with Crippen molar-refractivity contribution in [2.24, 2.45) is 0 Å². The largest absolute Gasteiger partial charge is 0.480 e. The number of hydrogen-bond donors (Lipinski definition) is 2. The summed E-state index contributed by atoms with van der Waals surface area (Å²) in [7, 11) is 0. The van der Waals surface area contributed by atoms with Crippen LogP contribution in [0.2, 0.25) is 0 Å². The van der Waals surface area contributed by atoms with Crippen molar-refractivity contribution in [3.8, 4) is 0 Å². The Balaban J connectivity index is 4.99. The van der Waals surface area contributed by atoms with Crippen molar-refractivity contribution in [3.63, 3.8) is 0 Å². The van der Waals surface area contributed by atoms with Gasteiger partial charge in [0.1, 0.15) is 6.54 Å². The molecule has 19 heavy (non-hydrogen) atoms. The highest BCUT2D eigenvalue weighted by molar-refractivity contribution is 5.80. The van der Waals surface area contributed by atoms with E-state index in [1.165, 1.54) is 15.9 Å². The number of carbonyl (C=O) groups excluding carboxylic acids is 1. The van der Waals surface area contributed by atoms with Crippen LogP contribution in [0, 0.1) is 0 Å². The lowest BCUT2D eigenvalue weighted by atomic mass is 10.1. The van der Waals surface area contributed by atoms with Crippen LogP contribution in [0.1, 0.15) is 26.7 Å². The Labute approximate surface area is 114 Å². The number of carboxylic acids is 1. The highest BCUT2D eigenvalue weighted by atomic mass is 16.4. The molecule has 0 spiro atoms. The van der Waals surface area contributed by atoms with Gasteiger partial charge < -0.3 is 20.0 Å². The van der Waals surface area contributed by atoms with Crippen LogP contribution in [0.15, 0.2) is 12.7 Å². The molecule has 0 aliphatic rings. The first kappa shape index (κ1) is 17.4. The molecule has 2 N–H and O–H groups in total. The number of hydrogen-bond acceptors (Lipinski definition) is 3. The van der Waals surface area contributed by atoms with Crippen molar-refractivity contribution in [1.29, 1.82) is 0 Å². The SMILES string of the molecule is C=CCN(CC(=O)O)C(=O)N(CCO)C(CC)CC. The molecule has 2 amide bonds. The molecule has 0 saturated heterocycles. The van der Waals surface area contributed by atoms with Crippen LogP contribution in [0.5, 0.6) is 0 Å². The summed E-state index contributed by atoms with van der Waals surface area (Å²) in [6.07, 6.45) is 3.01. The van der Waals surface area contributed by atoms with Gasteiger partial charge in [-0.05, 0) is 12.8 Å². The number of aliphatic hydroxyl groups excluding tert-OH is 1. The van der Waals surface area contributed by atoms with Gasteiger partial charge in [-0.3, -0.25) is 4.79 Å². The first-order chi connectivity index (χ1) is 9.01. The summed E-state index contributed by atoms with van der Waals surface area (Å²) in [4.78, 5) is 25.9. The van der Waals surface area contributed by atoms with Crippen molar-refractivity contribution in [2.75, 3.05) is 26.2 Å². The monoisotopic (exact) mass is 272 g/mol. The molecule has 0 atom stereocenters. The van der Waals surface area contributed by atoms with Crippen molar-refractivity contribution in [2.45, 2.75) is 32.7 Å². The van der Waals surface area contributed by atoms with Gasteiger partial charge in [0.2, 0.25) is 0 Å². The molecule has 6 nitrogen and oxygen atoms in total. The lowest BCUT2D eigenvalue weighted by Gasteiger charge is -2.34. The van der Waals surface area contributed by atoms with Crippen LogP contribution < -0.4 is 0 Å². The molecule has 6 heteroatoms. The predicted molar refractivity (Wildman–Crippen MR) is 73.0 cm³/mol. The summed E-state index contributed by atoms with van der Waals surface area (Å²) in [5.74, 6) is -1.07. The van der Waals surface area contributed by atoms with E-state index in [0.717, 1.165) is 12.8 Å². The third-order valence-electron chi connectivity index (χ3n) is 2.92. The fraction of sp³-hybridized carbons (Fsp3) is 0.692. The minimum Gasteiger partial charge on any atom is -0.480 e. The molecular weight excluding hydrogens is 248 g/mol. The number of nitrogens with zero attached hydrogens (tertiary/aromatic N) is 2. The minimum atomic E-state index is -1.07. The van der Waals surface area contributed by atoms with Crippen LogP contribution >= 0.6 is 0 Å². The zero-order valence-electron chi connectivity index (χ0n) is 11.7. The smallest absolute Gasteiger partial charge is 0.323 e. The molecule has 0 heterocycles. The third-order valence-corrected chi connectivity index (χ3v) is 2.92. The van der Waals surface area contributed by atoms with E-state index in [0.29, 0.717) is 0 Å². The average Bonchev–Trinajstić information content (AvgIpc) is 2.37. The second kappa shape index (κ2) is 9.38. The number of aliphatic carboxylic acids is 1. The van der Waals surface area contributed by atoms with Gasteiger partial charge in [0.15, 0.2) is 0 Å². The summed E-state index contributed by atoms with van der Waals surface area (Å²) in [6, 6.07) is -0.370. The van der Waals surface area contributed by atoms with E-state index in [4.69, 9.17) is 10.2 Å². The number of rotatable bonds is 9. The van der Waals surface area contributed by atoms with Gasteiger partial charge in [-0.2, -0.15) is 0 Å². The lowest BCUT2D eigenvalue weighted by molar-refractivity contribution is -0.137. The Morgan fingerprint density at radius 3 is 2.26 bits per heavy atom. The quantitative estimate of drug-likeness (QED) is 0.617. The zero-order chi connectivity index (χ0) is 14.8. The minimum absolute atomic E-state index is 0.000704. The van der Waals surface area contributed by atoms with Gasteiger partial charge in [0, 0.05) is 19.1 Å². The average molecular weight is 272 g/mol. The highest BCUT2D eigenvalue weighted by Gasteiger charge is 2.26. The van der Waals surface area contributed by atoms with E-state index in [1.807, 2.05) is 13.8 Å². The Morgan fingerprint density at radius 1 is 1.32 bits per heavy atom. The number of aliphatic hydroxyl groups is 1. The summed E-state index contributed by atoms with van der Waals surface area (Å²) >= 11 is 0. The standard InChI is InChI=1S/C13H24N2O4/c1-4-7-14(10-12(17)18)13(19)15(8-9-16)11(5-2)6-3/h4,11,16H,1,5-10H2,2-3H3,(H,17,18). The van der Waals surface area contributed by atoms with E-state index in [9.17, 15) is 9.59 Å². The van der Waals surface area contributed by atoms with E-state index in [-0.39, 0.29) is 38.3 Å². The molecule has 0 unspecified atom stereocenters. The van der Waals surface area contributed by atoms with Crippen LogP contribution in [0.3, 0.4) is 0 Å². The van der Waals surface area contributed by atoms with Gasteiger partial charge in [-0.1, -0.05) is 19.9 Å². The van der Waals surface area contributed by atoms with Crippen LogP contribution in [0.25, 0.3) is 0 Å². The number of urea groups is 1. The third kappa shape index (κ3) is 5.74. The summed E-state index contributed by atoms with van der Waals surface area (Å²) in [5.41, 5.74) is 0. The van der Waals surface area contributed by atoms with E-state index in [1.54, 1.807) is 0 Å². The van der Waals surface area contributed by atoms with Crippen molar-refractivity contribution in [3.05, 3.63) is 12.7 Å². The van der Waals surface area contributed by atoms with Gasteiger partial charge in [0.25, 0.3) is 0 Å². The van der Waals surface area contributed by atoms with E-state index >= 15 is 0 Å². The Bertz CT molecular complexity index is 303. The number of carbonyl (C=O) groups is 2. The molecule has 0 rings (SSSR count). The molecule has 0 fully saturated rings. The van der Waals surface area contributed by atoms with Crippen molar-refractivity contribution in [1.82, 2.24) is 9.80 Å². The molecule has 0 aromatic rings. The fourth-order valence-corrected chi connectivity index (χ4v) is 1.98. The number of amides is 2. The van der Waals surface area contributed by atoms with E-state index in [2.05, 4.69) is 6.58 Å². The molecule has 0 bridgehead atoms. The molecule has 0 aromatic heterocycles. The Morgan fingerprint density at radius 2 is 1.89 bits per heavy atom.